The average Bonchev–Trinajstić information content (AvgIpc) is 3.75. The maximum atomic E-state index is 15.0. The molecule has 1 saturated carbocycles. The molecule has 0 spiro atoms. The molecule has 5 rings (SSSR count). The fourth-order valence-electron chi connectivity index (χ4n) is 5.42. The minimum Gasteiger partial charge on any atom is -0.396 e. The Balaban J connectivity index is 1.65. The summed E-state index contributed by atoms with van der Waals surface area (Å²) in [5.74, 6) is -0.689. The molecule has 2 aromatic carbocycles. The molecule has 208 valence electrons. The Morgan fingerprint density at radius 3 is 2.56 bits per heavy atom. The summed E-state index contributed by atoms with van der Waals surface area (Å²) >= 11 is 0. The Morgan fingerprint density at radius 1 is 1.18 bits per heavy atom. The number of hydrogen-bond donors (Lipinski definition) is 3. The van der Waals surface area contributed by atoms with Crippen molar-refractivity contribution < 1.29 is 14.3 Å². The van der Waals surface area contributed by atoms with E-state index in [9.17, 15) is 14.7 Å². The van der Waals surface area contributed by atoms with Crippen LogP contribution in [0.15, 0.2) is 41.3 Å². The van der Waals surface area contributed by atoms with Gasteiger partial charge in [0, 0.05) is 74.0 Å². The molecule has 1 aliphatic carbocycles. The summed E-state index contributed by atoms with van der Waals surface area (Å²) in [6.07, 6.45) is 3.85. The first-order chi connectivity index (χ1) is 18.6. The van der Waals surface area contributed by atoms with E-state index in [1.807, 2.05) is 38.2 Å². The number of aliphatic hydroxyl groups excluding tert-OH is 1. The van der Waals surface area contributed by atoms with Crippen molar-refractivity contribution in [1.82, 2.24) is 20.1 Å². The predicted octanol–water partition coefficient (Wildman–Crippen LogP) is 3.99. The molecule has 8 heteroatoms. The van der Waals surface area contributed by atoms with Crippen molar-refractivity contribution in [1.29, 1.82) is 0 Å². The van der Waals surface area contributed by atoms with E-state index < -0.39 is 11.2 Å². The summed E-state index contributed by atoms with van der Waals surface area (Å²) in [7, 11) is 0. The minimum atomic E-state index is -0.455. The first-order valence-electron chi connectivity index (χ1n) is 13.9. The standard InChI is InChI=1S/C31H39FN4O3/c1-19-25(14-22(15-28(19)32)29(38)34-23-6-7-23)21-5-8-24-26(13-21)27(20(2)35-11-9-33-10-12-35)16-36(30(24)39)17-31(3,4)18-37/h5,8,13-16,20,23,33,37H,6-7,9-12,17-18H2,1-4H3,(H,34,38). The van der Waals surface area contributed by atoms with Crippen molar-refractivity contribution in [2.75, 3.05) is 32.8 Å². The van der Waals surface area contributed by atoms with Crippen LogP contribution in [0.5, 0.6) is 0 Å². The van der Waals surface area contributed by atoms with Crippen molar-refractivity contribution in [2.45, 2.75) is 59.2 Å². The van der Waals surface area contributed by atoms with Crippen molar-refractivity contribution >= 4 is 16.7 Å². The first-order valence-corrected chi connectivity index (χ1v) is 13.9. The number of fused-ring (bicyclic) bond motifs is 1. The van der Waals surface area contributed by atoms with Gasteiger partial charge in [-0.3, -0.25) is 14.5 Å². The number of amides is 1. The molecule has 0 bridgehead atoms. The van der Waals surface area contributed by atoms with E-state index in [-0.39, 0.29) is 30.2 Å². The monoisotopic (exact) mass is 534 g/mol. The average molecular weight is 535 g/mol. The van der Waals surface area contributed by atoms with Gasteiger partial charge in [-0.15, -0.1) is 0 Å². The summed E-state index contributed by atoms with van der Waals surface area (Å²) in [6.45, 7) is 11.7. The lowest BCUT2D eigenvalue weighted by Gasteiger charge is -2.34. The number of halogens is 1. The third-order valence-electron chi connectivity index (χ3n) is 8.12. The number of carbonyl (C=O) groups excluding carboxylic acids is 1. The Labute approximate surface area is 229 Å². The molecule has 1 aromatic heterocycles. The van der Waals surface area contributed by atoms with Crippen LogP contribution in [0.25, 0.3) is 21.9 Å². The van der Waals surface area contributed by atoms with Crippen molar-refractivity contribution in [3.63, 3.8) is 0 Å². The minimum absolute atomic E-state index is 0.0331. The van der Waals surface area contributed by atoms with Crippen molar-refractivity contribution in [3.05, 3.63) is 69.4 Å². The number of nitrogens with one attached hydrogen (secondary N) is 2. The van der Waals surface area contributed by atoms with E-state index in [2.05, 4.69) is 22.5 Å². The molecule has 39 heavy (non-hydrogen) atoms. The van der Waals surface area contributed by atoms with E-state index in [0.29, 0.717) is 28.6 Å². The highest BCUT2D eigenvalue weighted by Gasteiger charge is 2.26. The number of piperazine rings is 1. The number of hydrogen-bond acceptors (Lipinski definition) is 5. The SMILES string of the molecule is Cc1c(F)cc(C(=O)NC2CC2)cc1-c1ccc2c(=O)n(CC(C)(C)CO)cc(C(C)N3CCNCC3)c2c1. The molecule has 1 aliphatic heterocycles. The van der Waals surface area contributed by atoms with E-state index in [4.69, 9.17) is 0 Å². The lowest BCUT2D eigenvalue weighted by molar-refractivity contribution is 0.0950. The second-order valence-corrected chi connectivity index (χ2v) is 11.9. The lowest BCUT2D eigenvalue weighted by atomic mass is 9.92. The molecule has 1 amide bonds. The molecular formula is C31H39FN4O3. The molecule has 3 N–H and O–H groups in total. The molecule has 2 fully saturated rings. The second-order valence-electron chi connectivity index (χ2n) is 11.9. The third-order valence-corrected chi connectivity index (χ3v) is 8.12. The molecular weight excluding hydrogens is 495 g/mol. The summed E-state index contributed by atoms with van der Waals surface area (Å²) in [4.78, 5) is 28.8. The van der Waals surface area contributed by atoms with Gasteiger partial charge >= 0.3 is 0 Å². The zero-order valence-electron chi connectivity index (χ0n) is 23.3. The van der Waals surface area contributed by atoms with Crippen LogP contribution >= 0.6 is 0 Å². The zero-order valence-corrected chi connectivity index (χ0v) is 23.3. The number of pyridine rings is 1. The smallest absolute Gasteiger partial charge is 0.258 e. The van der Waals surface area contributed by atoms with Gasteiger partial charge < -0.3 is 20.3 Å². The molecule has 1 saturated heterocycles. The van der Waals surface area contributed by atoms with E-state index in [0.717, 1.165) is 55.5 Å². The summed E-state index contributed by atoms with van der Waals surface area (Å²) in [6, 6.07) is 8.91. The number of nitrogens with zero attached hydrogens (tertiary/aromatic N) is 2. The predicted molar refractivity (Wildman–Crippen MR) is 153 cm³/mol. The van der Waals surface area contributed by atoms with E-state index >= 15 is 4.39 Å². The first kappa shape index (κ1) is 27.5. The molecule has 0 radical (unpaired) electrons. The van der Waals surface area contributed by atoms with Gasteiger partial charge in [0.15, 0.2) is 0 Å². The normalized spacial score (nSPS) is 17.4. The maximum Gasteiger partial charge on any atom is 0.258 e. The Bertz CT molecular complexity index is 1450. The van der Waals surface area contributed by atoms with Crippen LogP contribution < -0.4 is 16.2 Å². The summed E-state index contributed by atoms with van der Waals surface area (Å²) in [5, 5.41) is 17.6. The number of rotatable bonds is 8. The van der Waals surface area contributed by atoms with Gasteiger partial charge in [0.2, 0.25) is 0 Å². The number of aromatic nitrogens is 1. The van der Waals surface area contributed by atoms with Gasteiger partial charge in [0.1, 0.15) is 5.82 Å². The molecule has 2 heterocycles. The Morgan fingerprint density at radius 2 is 1.90 bits per heavy atom. The fourth-order valence-corrected chi connectivity index (χ4v) is 5.42. The fraction of sp³-hybridized carbons (Fsp3) is 0.484. The number of carbonyl (C=O) groups is 1. The lowest BCUT2D eigenvalue weighted by Crippen LogP contribution is -2.44. The highest BCUT2D eigenvalue weighted by atomic mass is 19.1. The van der Waals surface area contributed by atoms with Gasteiger partial charge in [-0.1, -0.05) is 19.9 Å². The second kappa shape index (κ2) is 10.8. The van der Waals surface area contributed by atoms with E-state index in [1.54, 1.807) is 17.6 Å². The molecule has 3 aromatic rings. The quantitative estimate of drug-likeness (QED) is 0.407. The van der Waals surface area contributed by atoms with Gasteiger partial charge in [0.25, 0.3) is 11.5 Å². The Hall–Kier alpha value is -3.07. The van der Waals surface area contributed by atoms with Gasteiger partial charge in [-0.2, -0.15) is 0 Å². The zero-order chi connectivity index (χ0) is 27.9. The molecule has 1 unspecified atom stereocenters. The van der Waals surface area contributed by atoms with Crippen LogP contribution in [0.1, 0.15) is 61.1 Å². The van der Waals surface area contributed by atoms with Crippen LogP contribution in [0, 0.1) is 18.2 Å². The van der Waals surface area contributed by atoms with Crippen LogP contribution in [0.2, 0.25) is 0 Å². The van der Waals surface area contributed by atoms with Crippen molar-refractivity contribution in [3.8, 4) is 11.1 Å². The van der Waals surface area contributed by atoms with Crippen LogP contribution in [0.3, 0.4) is 0 Å². The molecule has 7 nitrogen and oxygen atoms in total. The Kier molecular flexibility index (Phi) is 7.64. The number of aliphatic hydroxyl groups is 1. The largest absolute Gasteiger partial charge is 0.396 e. The highest BCUT2D eigenvalue weighted by molar-refractivity contribution is 5.97. The van der Waals surface area contributed by atoms with Crippen LogP contribution in [-0.2, 0) is 6.54 Å². The van der Waals surface area contributed by atoms with Crippen LogP contribution in [-0.4, -0.2) is 59.3 Å². The highest BCUT2D eigenvalue weighted by Crippen LogP contribution is 2.34. The maximum absolute atomic E-state index is 15.0. The molecule has 1 atom stereocenters. The molecule has 2 aliphatic rings. The van der Waals surface area contributed by atoms with Gasteiger partial charge in [0.05, 0.1) is 0 Å². The third kappa shape index (κ3) is 5.78. The summed E-state index contributed by atoms with van der Waals surface area (Å²) < 4.78 is 16.8. The van der Waals surface area contributed by atoms with Crippen LogP contribution in [0.4, 0.5) is 4.39 Å². The van der Waals surface area contributed by atoms with E-state index in [1.165, 1.54) is 6.07 Å². The topological polar surface area (TPSA) is 86.6 Å². The van der Waals surface area contributed by atoms with Crippen molar-refractivity contribution in [2.24, 2.45) is 5.41 Å². The summed E-state index contributed by atoms with van der Waals surface area (Å²) in [5.41, 5.74) is 2.62. The van der Waals surface area contributed by atoms with Gasteiger partial charge in [-0.05, 0) is 78.6 Å². The van der Waals surface area contributed by atoms with Gasteiger partial charge in [-0.25, -0.2) is 4.39 Å². The number of benzene rings is 2.